The summed E-state index contributed by atoms with van der Waals surface area (Å²) in [5.74, 6) is -1.77. The predicted molar refractivity (Wildman–Crippen MR) is 101 cm³/mol. The van der Waals surface area contributed by atoms with E-state index >= 15 is 0 Å². The number of amides is 1. The molecule has 0 unspecified atom stereocenters. The molecular formula is C19H16ClFN4O2. The van der Waals surface area contributed by atoms with Gasteiger partial charge < -0.3 is 15.6 Å². The van der Waals surface area contributed by atoms with Crippen molar-refractivity contribution in [2.45, 2.75) is 6.54 Å². The Bertz CT molecular complexity index is 989. The highest BCUT2D eigenvalue weighted by atomic mass is 35.5. The Balaban J connectivity index is 1.85. The van der Waals surface area contributed by atoms with Crippen LogP contribution in [-0.4, -0.2) is 28.7 Å². The van der Waals surface area contributed by atoms with Crippen LogP contribution in [0, 0.1) is 5.82 Å². The molecule has 0 bridgehead atoms. The highest BCUT2D eigenvalue weighted by molar-refractivity contribution is 6.35. The van der Waals surface area contributed by atoms with Crippen molar-refractivity contribution in [3.05, 3.63) is 82.1 Å². The molecule has 0 aliphatic heterocycles. The zero-order valence-electron chi connectivity index (χ0n) is 14.3. The summed E-state index contributed by atoms with van der Waals surface area (Å²) in [7, 11) is 1.72. The van der Waals surface area contributed by atoms with Gasteiger partial charge in [-0.2, -0.15) is 0 Å². The molecule has 0 saturated heterocycles. The molecule has 1 aromatic carbocycles. The maximum Gasteiger partial charge on any atom is 0.272 e. The Morgan fingerprint density at radius 1 is 1.30 bits per heavy atom. The van der Waals surface area contributed by atoms with Gasteiger partial charge in [0.25, 0.3) is 5.91 Å². The molecule has 6 nitrogen and oxygen atoms in total. The van der Waals surface area contributed by atoms with Crippen molar-refractivity contribution in [3.8, 4) is 0 Å². The number of H-pyrrole nitrogens is 1. The smallest absolute Gasteiger partial charge is 0.272 e. The molecule has 0 radical (unpaired) electrons. The first-order chi connectivity index (χ1) is 13.0. The van der Waals surface area contributed by atoms with Gasteiger partial charge in [-0.1, -0.05) is 17.7 Å². The van der Waals surface area contributed by atoms with E-state index in [1.165, 1.54) is 30.6 Å². The number of nitrogens with one attached hydrogen (secondary N) is 3. The second-order valence-electron chi connectivity index (χ2n) is 5.75. The molecule has 3 rings (SSSR count). The fraction of sp³-hybridized carbons (Fsp3) is 0.105. The Kier molecular flexibility index (Phi) is 5.63. The van der Waals surface area contributed by atoms with Gasteiger partial charge >= 0.3 is 0 Å². The molecule has 2 aromatic heterocycles. The predicted octanol–water partition coefficient (Wildman–Crippen LogP) is 3.40. The number of hydrogen-bond donors (Lipinski definition) is 3. The summed E-state index contributed by atoms with van der Waals surface area (Å²) in [4.78, 5) is 31.6. The van der Waals surface area contributed by atoms with Gasteiger partial charge in [0.1, 0.15) is 11.5 Å². The van der Waals surface area contributed by atoms with Crippen LogP contribution in [0.1, 0.15) is 32.0 Å². The lowest BCUT2D eigenvalue weighted by Gasteiger charge is -2.09. The van der Waals surface area contributed by atoms with Gasteiger partial charge in [-0.25, -0.2) is 4.39 Å². The van der Waals surface area contributed by atoms with E-state index in [1.807, 2.05) is 0 Å². The minimum absolute atomic E-state index is 0.0527. The van der Waals surface area contributed by atoms with E-state index in [-0.39, 0.29) is 21.8 Å². The van der Waals surface area contributed by atoms with Gasteiger partial charge in [0, 0.05) is 24.5 Å². The molecule has 3 aromatic rings. The Labute approximate surface area is 159 Å². The first-order valence-electron chi connectivity index (χ1n) is 8.07. The number of ketones is 1. The average Bonchev–Trinajstić information content (AvgIpc) is 3.15. The first-order valence-corrected chi connectivity index (χ1v) is 8.45. The van der Waals surface area contributed by atoms with Gasteiger partial charge in [-0.05, 0) is 36.9 Å². The van der Waals surface area contributed by atoms with E-state index in [0.717, 1.165) is 0 Å². The number of aromatic nitrogens is 2. The molecule has 0 saturated carbocycles. The van der Waals surface area contributed by atoms with E-state index in [4.69, 9.17) is 11.6 Å². The largest absolute Gasteiger partial charge is 0.356 e. The number of rotatable bonds is 6. The number of hydrogen-bond acceptors (Lipinski definition) is 4. The van der Waals surface area contributed by atoms with Crippen LogP contribution >= 0.6 is 11.6 Å². The van der Waals surface area contributed by atoms with Crippen molar-refractivity contribution in [2.75, 3.05) is 12.4 Å². The van der Waals surface area contributed by atoms with Crippen molar-refractivity contribution < 1.29 is 14.0 Å². The summed E-state index contributed by atoms with van der Waals surface area (Å²) in [5.41, 5.74) is 1.19. The summed E-state index contributed by atoms with van der Waals surface area (Å²) < 4.78 is 14.2. The quantitative estimate of drug-likeness (QED) is 0.567. The zero-order chi connectivity index (χ0) is 19.4. The van der Waals surface area contributed by atoms with Crippen LogP contribution < -0.4 is 10.6 Å². The normalized spacial score (nSPS) is 10.6. The highest BCUT2D eigenvalue weighted by Gasteiger charge is 2.22. The number of pyridine rings is 1. The molecule has 27 heavy (non-hydrogen) atoms. The molecule has 8 heteroatoms. The maximum absolute atomic E-state index is 14.2. The summed E-state index contributed by atoms with van der Waals surface area (Å²) in [5, 5.41) is 5.61. The zero-order valence-corrected chi connectivity index (χ0v) is 15.1. The topological polar surface area (TPSA) is 86.9 Å². The van der Waals surface area contributed by atoms with Crippen molar-refractivity contribution in [3.63, 3.8) is 0 Å². The lowest BCUT2D eigenvalue weighted by atomic mass is 10.0. The molecule has 0 spiro atoms. The summed E-state index contributed by atoms with van der Waals surface area (Å²) in [6.45, 7) is 0.394. The summed E-state index contributed by atoms with van der Waals surface area (Å²) in [6.07, 6.45) is 4.43. The standard InChI is InChI=1S/C19H16ClFN4O2/c1-22-8-11-4-5-14(21)16(17(11)20)18(26)12-7-15(24-9-12)19(27)25-13-3-2-6-23-10-13/h2-7,9-10,22,24H,8H2,1H3,(H,25,27). The summed E-state index contributed by atoms with van der Waals surface area (Å²) in [6, 6.07) is 7.45. The van der Waals surface area contributed by atoms with Crippen LogP contribution in [0.15, 0.2) is 48.9 Å². The third-order valence-corrected chi connectivity index (χ3v) is 4.31. The number of benzene rings is 1. The van der Waals surface area contributed by atoms with Crippen molar-refractivity contribution >= 4 is 29.0 Å². The van der Waals surface area contributed by atoms with Crippen molar-refractivity contribution in [2.24, 2.45) is 0 Å². The lowest BCUT2D eigenvalue weighted by molar-refractivity contribution is 0.102. The third-order valence-electron chi connectivity index (χ3n) is 3.87. The highest BCUT2D eigenvalue weighted by Crippen LogP contribution is 2.27. The number of carbonyl (C=O) groups is 2. The SMILES string of the molecule is CNCc1ccc(F)c(C(=O)c2c[nH]c(C(=O)Nc3cccnc3)c2)c1Cl. The third kappa shape index (κ3) is 4.05. The molecule has 0 atom stereocenters. The first kappa shape index (κ1) is 18.8. The lowest BCUT2D eigenvalue weighted by Crippen LogP contribution is -2.12. The van der Waals surface area contributed by atoms with Crippen LogP contribution in [0.4, 0.5) is 10.1 Å². The number of nitrogens with zero attached hydrogens (tertiary/aromatic N) is 1. The molecule has 138 valence electrons. The number of anilines is 1. The molecule has 0 aliphatic carbocycles. The van der Waals surface area contributed by atoms with Gasteiger partial charge in [0.05, 0.1) is 22.5 Å². The minimum Gasteiger partial charge on any atom is -0.356 e. The fourth-order valence-electron chi connectivity index (χ4n) is 2.57. The monoisotopic (exact) mass is 386 g/mol. The Hall–Kier alpha value is -3.03. The van der Waals surface area contributed by atoms with Gasteiger partial charge in [0.2, 0.25) is 0 Å². The van der Waals surface area contributed by atoms with Gasteiger partial charge in [0.15, 0.2) is 5.78 Å². The van der Waals surface area contributed by atoms with E-state index < -0.39 is 17.5 Å². The van der Waals surface area contributed by atoms with Crippen LogP contribution in [-0.2, 0) is 6.54 Å². The van der Waals surface area contributed by atoms with Crippen LogP contribution in [0.3, 0.4) is 0 Å². The van der Waals surface area contributed by atoms with E-state index in [1.54, 1.807) is 25.4 Å². The number of aromatic amines is 1. The second kappa shape index (κ2) is 8.11. The van der Waals surface area contributed by atoms with E-state index in [9.17, 15) is 14.0 Å². The van der Waals surface area contributed by atoms with E-state index in [0.29, 0.717) is 17.8 Å². The minimum atomic E-state index is -0.715. The van der Waals surface area contributed by atoms with Crippen LogP contribution in [0.2, 0.25) is 5.02 Å². The number of halogens is 2. The second-order valence-corrected chi connectivity index (χ2v) is 6.13. The molecule has 0 aliphatic rings. The molecule has 3 N–H and O–H groups in total. The van der Waals surface area contributed by atoms with Crippen LogP contribution in [0.5, 0.6) is 0 Å². The Morgan fingerprint density at radius 2 is 2.11 bits per heavy atom. The van der Waals surface area contributed by atoms with E-state index in [2.05, 4.69) is 20.6 Å². The average molecular weight is 387 g/mol. The van der Waals surface area contributed by atoms with Crippen LogP contribution in [0.25, 0.3) is 0 Å². The maximum atomic E-state index is 14.2. The fourth-order valence-corrected chi connectivity index (χ4v) is 2.87. The van der Waals surface area contributed by atoms with Crippen molar-refractivity contribution in [1.82, 2.24) is 15.3 Å². The van der Waals surface area contributed by atoms with Gasteiger partial charge in [-0.3, -0.25) is 14.6 Å². The molecule has 0 fully saturated rings. The number of carbonyl (C=O) groups excluding carboxylic acids is 2. The Morgan fingerprint density at radius 3 is 2.81 bits per heavy atom. The molecule has 2 heterocycles. The summed E-state index contributed by atoms with van der Waals surface area (Å²) >= 11 is 6.22. The van der Waals surface area contributed by atoms with Gasteiger partial charge in [-0.15, -0.1) is 0 Å². The molecule has 1 amide bonds. The molecular weight excluding hydrogens is 371 g/mol. The van der Waals surface area contributed by atoms with Crippen molar-refractivity contribution in [1.29, 1.82) is 0 Å².